The van der Waals surface area contributed by atoms with Gasteiger partial charge in [0, 0.05) is 12.1 Å². The van der Waals surface area contributed by atoms with Crippen molar-refractivity contribution in [2.75, 3.05) is 20.8 Å². The number of aryl methyl sites for hydroxylation is 1. The lowest BCUT2D eigenvalue weighted by atomic mass is 10.0. The number of hydrogen-bond donors (Lipinski definition) is 0. The van der Waals surface area contributed by atoms with Crippen molar-refractivity contribution in [1.82, 2.24) is 14.5 Å². The lowest BCUT2D eigenvalue weighted by Gasteiger charge is -2.33. The second kappa shape index (κ2) is 14.1. The summed E-state index contributed by atoms with van der Waals surface area (Å²) < 4.78 is 53.5. The number of rotatable bonds is 11. The van der Waals surface area contributed by atoms with Crippen molar-refractivity contribution in [3.8, 4) is 17.2 Å². The van der Waals surface area contributed by atoms with Crippen molar-refractivity contribution in [3.05, 3.63) is 129 Å². The summed E-state index contributed by atoms with van der Waals surface area (Å²) >= 11 is 0. The summed E-state index contributed by atoms with van der Waals surface area (Å²) in [7, 11) is 3.06. The van der Waals surface area contributed by atoms with Crippen molar-refractivity contribution in [2.24, 2.45) is 0 Å². The Morgan fingerprint density at radius 1 is 0.872 bits per heavy atom. The molecule has 10 heteroatoms. The fourth-order valence-corrected chi connectivity index (χ4v) is 5.72. The van der Waals surface area contributed by atoms with Crippen LogP contribution in [0.5, 0.6) is 11.5 Å². The van der Waals surface area contributed by atoms with Gasteiger partial charge in [0.05, 0.1) is 42.4 Å². The number of alkyl halides is 3. The van der Waals surface area contributed by atoms with Gasteiger partial charge in [0.2, 0.25) is 0 Å². The fourth-order valence-electron chi connectivity index (χ4n) is 5.72. The summed E-state index contributed by atoms with van der Waals surface area (Å²) in [5.74, 6) is 0.748. The molecule has 0 aliphatic rings. The highest BCUT2D eigenvalue weighted by Gasteiger charge is 2.33. The van der Waals surface area contributed by atoms with Crippen molar-refractivity contribution in [3.63, 3.8) is 0 Å². The maximum atomic E-state index is 14.3. The van der Waals surface area contributed by atoms with E-state index in [-0.39, 0.29) is 17.7 Å². The second-order valence-electron chi connectivity index (χ2n) is 11.1. The van der Waals surface area contributed by atoms with Gasteiger partial charge in [-0.2, -0.15) is 13.2 Å². The van der Waals surface area contributed by atoms with E-state index >= 15 is 0 Å². The van der Waals surface area contributed by atoms with Gasteiger partial charge in [-0.05, 0) is 85.0 Å². The molecule has 5 rings (SSSR count). The standard InChI is InChI=1S/C37H36F3N3O4/c1-5-24-14-17-28(18-15-24)43-34(41-30-13-8-7-12-29(30)36(43)45)31(6-2)42(21-20-25-16-19-32(46-3)33(22-25)47-4)35(44)26-10-9-11-27(23-26)37(38,39)40/h7-19,22-23,31H,5-6,20-21H2,1-4H3. The zero-order valence-corrected chi connectivity index (χ0v) is 26.7. The molecule has 0 bridgehead atoms. The summed E-state index contributed by atoms with van der Waals surface area (Å²) in [5, 5.41) is 0.409. The van der Waals surface area contributed by atoms with E-state index in [0.29, 0.717) is 46.8 Å². The van der Waals surface area contributed by atoms with E-state index in [0.717, 1.165) is 29.7 Å². The maximum Gasteiger partial charge on any atom is 0.416 e. The number of methoxy groups -OCH3 is 2. The molecule has 0 fully saturated rings. The van der Waals surface area contributed by atoms with E-state index in [4.69, 9.17) is 14.5 Å². The molecule has 0 aliphatic heterocycles. The van der Waals surface area contributed by atoms with Crippen LogP contribution in [0.1, 0.15) is 59.2 Å². The summed E-state index contributed by atoms with van der Waals surface area (Å²) in [4.78, 5) is 34.9. The highest BCUT2D eigenvalue weighted by atomic mass is 19.4. The number of halogens is 3. The van der Waals surface area contributed by atoms with E-state index in [1.807, 2.05) is 44.2 Å². The number of hydrogen-bond acceptors (Lipinski definition) is 5. The van der Waals surface area contributed by atoms with Crippen molar-refractivity contribution < 1.29 is 27.4 Å². The quantitative estimate of drug-likeness (QED) is 0.147. The molecule has 5 aromatic rings. The van der Waals surface area contributed by atoms with Gasteiger partial charge in [-0.1, -0.05) is 50.2 Å². The van der Waals surface area contributed by atoms with Crippen LogP contribution in [0.25, 0.3) is 16.6 Å². The van der Waals surface area contributed by atoms with Crippen molar-refractivity contribution in [2.45, 2.75) is 45.3 Å². The first-order valence-electron chi connectivity index (χ1n) is 15.4. The highest BCUT2D eigenvalue weighted by molar-refractivity contribution is 5.94. The fraction of sp³-hybridized carbons (Fsp3) is 0.270. The Kier molecular flexibility index (Phi) is 9.98. The minimum atomic E-state index is -4.63. The third kappa shape index (κ3) is 7.01. The summed E-state index contributed by atoms with van der Waals surface area (Å²) in [6.07, 6.45) is -3.15. The molecule has 1 amide bonds. The molecule has 7 nitrogen and oxygen atoms in total. The Balaban J connectivity index is 1.68. The van der Waals surface area contributed by atoms with E-state index in [1.54, 1.807) is 36.4 Å². The SMILES string of the molecule is CCc1ccc(-n2c(C(CC)N(CCc3ccc(OC)c(OC)c3)C(=O)c3cccc(C(F)(F)F)c3)nc3ccccc3c2=O)cc1. The first-order valence-corrected chi connectivity index (χ1v) is 15.4. The number of ether oxygens (including phenoxy) is 2. The number of benzene rings is 4. The number of para-hydroxylation sites is 1. The average Bonchev–Trinajstić information content (AvgIpc) is 3.09. The first-order chi connectivity index (χ1) is 22.6. The zero-order valence-electron chi connectivity index (χ0n) is 26.7. The molecule has 0 N–H and O–H groups in total. The second-order valence-corrected chi connectivity index (χ2v) is 11.1. The number of carbonyl (C=O) groups is 1. The number of nitrogens with zero attached hydrogens (tertiary/aromatic N) is 3. The molecule has 1 unspecified atom stereocenters. The molecular weight excluding hydrogens is 607 g/mol. The van der Waals surface area contributed by atoms with Crippen LogP contribution in [-0.4, -0.2) is 41.1 Å². The minimum absolute atomic E-state index is 0.112. The van der Waals surface area contributed by atoms with Crippen LogP contribution in [-0.2, 0) is 19.0 Å². The van der Waals surface area contributed by atoms with Gasteiger partial charge < -0.3 is 14.4 Å². The summed E-state index contributed by atoms with van der Waals surface area (Å²) in [6, 6.07) is 23.6. The van der Waals surface area contributed by atoms with E-state index in [2.05, 4.69) is 0 Å². The average molecular weight is 644 g/mol. The zero-order chi connectivity index (χ0) is 33.7. The predicted octanol–water partition coefficient (Wildman–Crippen LogP) is 7.82. The number of carbonyl (C=O) groups excluding carboxylic acids is 1. The Morgan fingerprint density at radius 2 is 1.57 bits per heavy atom. The molecule has 244 valence electrons. The van der Waals surface area contributed by atoms with Crippen molar-refractivity contribution >= 4 is 16.8 Å². The van der Waals surface area contributed by atoms with Gasteiger partial charge >= 0.3 is 6.18 Å². The third-order valence-corrected chi connectivity index (χ3v) is 8.25. The van der Waals surface area contributed by atoms with Gasteiger partial charge in [-0.25, -0.2) is 4.98 Å². The van der Waals surface area contributed by atoms with Gasteiger partial charge in [0.1, 0.15) is 5.82 Å². The Labute approximate surface area is 271 Å². The number of fused-ring (bicyclic) bond motifs is 1. The minimum Gasteiger partial charge on any atom is -0.493 e. The summed E-state index contributed by atoms with van der Waals surface area (Å²) in [6.45, 7) is 4.01. The topological polar surface area (TPSA) is 73.7 Å². The molecule has 47 heavy (non-hydrogen) atoms. The van der Waals surface area contributed by atoms with Gasteiger partial charge in [0.15, 0.2) is 11.5 Å². The van der Waals surface area contributed by atoms with Gasteiger partial charge in [-0.15, -0.1) is 0 Å². The van der Waals surface area contributed by atoms with Crippen LogP contribution < -0.4 is 15.0 Å². The lowest BCUT2D eigenvalue weighted by Crippen LogP contribution is -2.40. The smallest absolute Gasteiger partial charge is 0.416 e. The van der Waals surface area contributed by atoms with Crippen LogP contribution in [0.3, 0.4) is 0 Å². The molecule has 0 spiro atoms. The van der Waals surface area contributed by atoms with Crippen LogP contribution >= 0.6 is 0 Å². The molecule has 0 aliphatic carbocycles. The van der Waals surface area contributed by atoms with Gasteiger partial charge in [-0.3, -0.25) is 14.2 Å². The largest absolute Gasteiger partial charge is 0.493 e. The monoisotopic (exact) mass is 643 g/mol. The number of amides is 1. The molecule has 0 saturated carbocycles. The van der Waals surface area contributed by atoms with E-state index < -0.39 is 23.7 Å². The van der Waals surface area contributed by atoms with Crippen LogP contribution in [0.2, 0.25) is 0 Å². The van der Waals surface area contributed by atoms with E-state index in [1.165, 1.54) is 35.8 Å². The summed E-state index contributed by atoms with van der Waals surface area (Å²) in [5.41, 5.74) is 1.59. The molecule has 0 saturated heterocycles. The molecule has 1 heterocycles. The van der Waals surface area contributed by atoms with Crippen LogP contribution in [0, 0.1) is 0 Å². The molecule has 1 atom stereocenters. The Hall–Kier alpha value is -5.12. The maximum absolute atomic E-state index is 14.3. The first kappa shape index (κ1) is 33.2. The normalized spacial score (nSPS) is 12.1. The molecule has 4 aromatic carbocycles. The molecular formula is C37H36F3N3O4. The lowest BCUT2D eigenvalue weighted by molar-refractivity contribution is -0.137. The van der Waals surface area contributed by atoms with Gasteiger partial charge in [0.25, 0.3) is 11.5 Å². The van der Waals surface area contributed by atoms with Crippen LogP contribution in [0.4, 0.5) is 13.2 Å². The van der Waals surface area contributed by atoms with E-state index in [9.17, 15) is 22.8 Å². The third-order valence-electron chi connectivity index (χ3n) is 8.25. The Morgan fingerprint density at radius 3 is 2.23 bits per heavy atom. The van der Waals surface area contributed by atoms with Crippen LogP contribution in [0.15, 0.2) is 95.8 Å². The number of aromatic nitrogens is 2. The highest BCUT2D eigenvalue weighted by Crippen LogP contribution is 2.33. The predicted molar refractivity (Wildman–Crippen MR) is 175 cm³/mol. The molecule has 1 aromatic heterocycles. The van der Waals surface area contributed by atoms with Crippen molar-refractivity contribution in [1.29, 1.82) is 0 Å². The molecule has 0 radical (unpaired) electrons. The Bertz CT molecular complexity index is 1940.